The van der Waals surface area contributed by atoms with Gasteiger partial charge in [-0.2, -0.15) is 5.10 Å². The van der Waals surface area contributed by atoms with E-state index < -0.39 is 0 Å². The summed E-state index contributed by atoms with van der Waals surface area (Å²) in [5.41, 5.74) is 1.29. The van der Waals surface area contributed by atoms with E-state index in [0.717, 1.165) is 44.0 Å². The molecule has 154 valence electrons. The van der Waals surface area contributed by atoms with Gasteiger partial charge in [0.2, 0.25) is 0 Å². The molecule has 1 atom stereocenters. The summed E-state index contributed by atoms with van der Waals surface area (Å²) < 4.78 is 12.8. The molecule has 3 rings (SSSR count). The van der Waals surface area contributed by atoms with Crippen LogP contribution in [-0.2, 0) is 13.0 Å². The fourth-order valence-electron chi connectivity index (χ4n) is 4.01. The average Bonchev–Trinajstić information content (AvgIpc) is 3.25. The number of hydrogen-bond donors (Lipinski definition) is 0. The molecule has 1 aliphatic heterocycles. The van der Waals surface area contributed by atoms with Crippen LogP contribution in [0.2, 0.25) is 0 Å². The van der Waals surface area contributed by atoms with Crippen LogP contribution in [0.1, 0.15) is 24.8 Å². The van der Waals surface area contributed by atoms with Gasteiger partial charge >= 0.3 is 0 Å². The number of piperidine rings is 1. The molecule has 0 unspecified atom stereocenters. The van der Waals surface area contributed by atoms with Gasteiger partial charge in [-0.1, -0.05) is 6.07 Å². The van der Waals surface area contributed by atoms with Crippen LogP contribution in [0.5, 0.6) is 11.5 Å². The predicted molar refractivity (Wildman–Crippen MR) is 112 cm³/mol. The lowest BCUT2D eigenvalue weighted by Crippen LogP contribution is -2.47. The number of ether oxygens (including phenoxy) is 2. The smallest absolute Gasteiger partial charge is 0.160 e. The molecular weight excluding hydrogens is 352 g/mol. The Labute approximate surface area is 169 Å². The fourth-order valence-corrected chi connectivity index (χ4v) is 4.01. The second kappa shape index (κ2) is 10.5. The maximum absolute atomic E-state index is 5.43. The number of hydrogen-bond acceptors (Lipinski definition) is 5. The average molecular weight is 387 g/mol. The van der Waals surface area contributed by atoms with Crippen LogP contribution in [0.3, 0.4) is 0 Å². The van der Waals surface area contributed by atoms with Crippen LogP contribution in [0, 0.1) is 0 Å². The molecule has 28 heavy (non-hydrogen) atoms. The Morgan fingerprint density at radius 1 is 1.18 bits per heavy atom. The van der Waals surface area contributed by atoms with Crippen molar-refractivity contribution in [2.24, 2.45) is 0 Å². The Balaban J connectivity index is 1.44. The van der Waals surface area contributed by atoms with Crippen molar-refractivity contribution in [3.63, 3.8) is 0 Å². The first kappa shape index (κ1) is 20.7. The van der Waals surface area contributed by atoms with Crippen LogP contribution in [-0.4, -0.2) is 73.1 Å². The molecule has 6 heteroatoms. The third kappa shape index (κ3) is 5.72. The van der Waals surface area contributed by atoms with E-state index in [2.05, 4.69) is 34.1 Å². The van der Waals surface area contributed by atoms with Crippen LogP contribution < -0.4 is 9.47 Å². The minimum absolute atomic E-state index is 0.638. The van der Waals surface area contributed by atoms with Crippen molar-refractivity contribution in [2.75, 3.05) is 47.4 Å². The summed E-state index contributed by atoms with van der Waals surface area (Å²) >= 11 is 0. The first-order valence-electron chi connectivity index (χ1n) is 10.3. The van der Waals surface area contributed by atoms with Gasteiger partial charge in [-0.15, -0.1) is 0 Å². The van der Waals surface area contributed by atoms with Gasteiger partial charge in [-0.05, 0) is 69.6 Å². The fraction of sp³-hybridized carbons (Fsp3) is 0.591. The standard InChI is InChI=1S/C22H34N4O2/c1-24(16-10-19-8-9-21(27-2)22(17-19)28-3)20-7-4-12-25(18-20)13-6-15-26-14-5-11-23-26/h5,8-9,11,14,17,20H,4,6-7,10,12-13,15-16,18H2,1-3H3/t20-/m0/s1. The number of rotatable bonds is 10. The van der Waals surface area contributed by atoms with Gasteiger partial charge in [0, 0.05) is 38.1 Å². The van der Waals surface area contributed by atoms with Crippen molar-refractivity contribution in [3.8, 4) is 11.5 Å². The number of methoxy groups -OCH3 is 2. The van der Waals surface area contributed by atoms with Gasteiger partial charge in [-0.3, -0.25) is 4.68 Å². The Hall–Kier alpha value is -2.05. The Kier molecular flexibility index (Phi) is 7.74. The van der Waals surface area contributed by atoms with Gasteiger partial charge in [0.15, 0.2) is 11.5 Å². The van der Waals surface area contributed by atoms with Crippen molar-refractivity contribution < 1.29 is 9.47 Å². The monoisotopic (exact) mass is 386 g/mol. The quantitative estimate of drug-likeness (QED) is 0.628. The molecule has 0 radical (unpaired) electrons. The molecular formula is C22H34N4O2. The molecule has 2 heterocycles. The Bertz CT molecular complexity index is 705. The summed E-state index contributed by atoms with van der Waals surface area (Å²) in [6.07, 6.45) is 8.65. The molecule has 1 aromatic heterocycles. The maximum Gasteiger partial charge on any atom is 0.160 e. The summed E-state index contributed by atoms with van der Waals surface area (Å²) in [4.78, 5) is 5.14. The first-order chi connectivity index (χ1) is 13.7. The lowest BCUT2D eigenvalue weighted by molar-refractivity contribution is 0.115. The third-order valence-corrected chi connectivity index (χ3v) is 5.73. The van der Waals surface area contributed by atoms with Crippen LogP contribution in [0.4, 0.5) is 0 Å². The lowest BCUT2D eigenvalue weighted by Gasteiger charge is -2.37. The maximum atomic E-state index is 5.43. The highest BCUT2D eigenvalue weighted by Crippen LogP contribution is 2.28. The molecule has 0 saturated carbocycles. The molecule has 0 bridgehead atoms. The third-order valence-electron chi connectivity index (χ3n) is 5.73. The van der Waals surface area contributed by atoms with E-state index in [-0.39, 0.29) is 0 Å². The minimum Gasteiger partial charge on any atom is -0.493 e. The van der Waals surface area contributed by atoms with Gasteiger partial charge in [0.05, 0.1) is 14.2 Å². The van der Waals surface area contributed by atoms with E-state index >= 15 is 0 Å². The molecule has 0 amide bonds. The molecule has 1 aliphatic rings. The number of likely N-dealkylation sites (tertiary alicyclic amines) is 1. The highest BCUT2D eigenvalue weighted by atomic mass is 16.5. The summed E-state index contributed by atoms with van der Waals surface area (Å²) in [5.74, 6) is 1.60. The number of aryl methyl sites for hydroxylation is 1. The number of likely N-dealkylation sites (N-methyl/N-ethyl adjacent to an activating group) is 1. The molecule has 2 aromatic rings. The van der Waals surface area contributed by atoms with E-state index in [0.29, 0.717) is 6.04 Å². The summed E-state index contributed by atoms with van der Waals surface area (Å²) in [5, 5.41) is 4.29. The zero-order valence-electron chi connectivity index (χ0n) is 17.5. The minimum atomic E-state index is 0.638. The van der Waals surface area contributed by atoms with Crippen LogP contribution >= 0.6 is 0 Å². The van der Waals surface area contributed by atoms with Crippen molar-refractivity contribution in [1.29, 1.82) is 0 Å². The Morgan fingerprint density at radius 2 is 2.04 bits per heavy atom. The molecule has 1 aromatic carbocycles. The zero-order chi connectivity index (χ0) is 19.8. The second-order valence-corrected chi connectivity index (χ2v) is 7.64. The lowest BCUT2D eigenvalue weighted by atomic mass is 10.0. The summed E-state index contributed by atoms with van der Waals surface area (Å²) in [6.45, 7) is 5.60. The van der Waals surface area contributed by atoms with E-state index in [4.69, 9.17) is 9.47 Å². The number of nitrogens with zero attached hydrogens (tertiary/aromatic N) is 4. The molecule has 0 aliphatic carbocycles. The zero-order valence-corrected chi connectivity index (χ0v) is 17.5. The van der Waals surface area contributed by atoms with Crippen molar-refractivity contribution in [3.05, 3.63) is 42.2 Å². The van der Waals surface area contributed by atoms with Gasteiger partial charge in [-0.25, -0.2) is 0 Å². The van der Waals surface area contributed by atoms with Gasteiger partial charge < -0.3 is 19.3 Å². The number of aromatic nitrogens is 2. The SMILES string of the molecule is COc1ccc(CCN(C)[C@H]2CCCN(CCCn3cccn3)C2)cc1OC. The number of benzene rings is 1. The van der Waals surface area contributed by atoms with E-state index in [9.17, 15) is 0 Å². The summed E-state index contributed by atoms with van der Waals surface area (Å²) in [7, 11) is 5.63. The van der Waals surface area contributed by atoms with Crippen molar-refractivity contribution >= 4 is 0 Å². The van der Waals surface area contributed by atoms with Crippen LogP contribution in [0.25, 0.3) is 0 Å². The normalized spacial score (nSPS) is 17.8. The molecule has 1 saturated heterocycles. The molecule has 1 fully saturated rings. The largest absolute Gasteiger partial charge is 0.493 e. The first-order valence-corrected chi connectivity index (χ1v) is 10.3. The molecule has 0 N–H and O–H groups in total. The Morgan fingerprint density at radius 3 is 2.79 bits per heavy atom. The highest BCUT2D eigenvalue weighted by molar-refractivity contribution is 5.42. The predicted octanol–water partition coefficient (Wildman–Crippen LogP) is 2.93. The van der Waals surface area contributed by atoms with E-state index in [1.807, 2.05) is 29.2 Å². The van der Waals surface area contributed by atoms with Gasteiger partial charge in [0.25, 0.3) is 0 Å². The molecule has 6 nitrogen and oxygen atoms in total. The second-order valence-electron chi connectivity index (χ2n) is 7.64. The van der Waals surface area contributed by atoms with E-state index in [1.54, 1.807) is 14.2 Å². The topological polar surface area (TPSA) is 42.8 Å². The molecule has 0 spiro atoms. The van der Waals surface area contributed by atoms with Crippen LogP contribution in [0.15, 0.2) is 36.7 Å². The van der Waals surface area contributed by atoms with Gasteiger partial charge in [0.1, 0.15) is 0 Å². The summed E-state index contributed by atoms with van der Waals surface area (Å²) in [6, 6.07) is 8.85. The van der Waals surface area contributed by atoms with E-state index in [1.165, 1.54) is 31.5 Å². The highest BCUT2D eigenvalue weighted by Gasteiger charge is 2.22. The van der Waals surface area contributed by atoms with Crippen molar-refractivity contribution in [2.45, 2.75) is 38.3 Å². The van der Waals surface area contributed by atoms with Crippen molar-refractivity contribution in [1.82, 2.24) is 19.6 Å².